The monoisotopic (exact) mass is 496 g/mol. The molecule has 3 nitrogen and oxygen atoms in total. The molecule has 3 aromatic rings. The highest BCUT2D eigenvalue weighted by Gasteiger charge is 2.16. The van der Waals surface area contributed by atoms with Crippen LogP contribution in [0.15, 0.2) is 65.6 Å². The lowest BCUT2D eigenvalue weighted by molar-refractivity contribution is 0.486. The van der Waals surface area contributed by atoms with Crippen LogP contribution in [0.5, 0.6) is 5.75 Å². The summed E-state index contributed by atoms with van der Waals surface area (Å²) in [5.41, 5.74) is 8.08. The highest BCUT2D eigenvalue weighted by molar-refractivity contribution is 7.87. The lowest BCUT2D eigenvalue weighted by Gasteiger charge is -2.20. The third-order valence-corrected chi connectivity index (χ3v) is 7.22. The van der Waals surface area contributed by atoms with E-state index in [4.69, 9.17) is 4.18 Å². The van der Waals surface area contributed by atoms with Crippen LogP contribution in [-0.4, -0.2) is 8.42 Å². The van der Waals surface area contributed by atoms with E-state index >= 15 is 0 Å². The highest BCUT2D eigenvalue weighted by Crippen LogP contribution is 2.31. The van der Waals surface area contributed by atoms with Crippen molar-refractivity contribution >= 4 is 10.1 Å². The van der Waals surface area contributed by atoms with Crippen molar-refractivity contribution in [3.8, 4) is 5.75 Å². The van der Waals surface area contributed by atoms with Gasteiger partial charge in [0.15, 0.2) is 0 Å². The molecular formula is C31H44O3S. The Hall–Kier alpha value is -2.59. The van der Waals surface area contributed by atoms with Crippen LogP contribution in [0.2, 0.25) is 0 Å². The molecule has 0 N–H and O–H groups in total. The fourth-order valence-electron chi connectivity index (χ4n) is 3.79. The fraction of sp³-hybridized carbons (Fsp3) is 0.419. The Kier molecular flexibility index (Phi) is 11.2. The van der Waals surface area contributed by atoms with Gasteiger partial charge in [-0.2, -0.15) is 8.42 Å². The van der Waals surface area contributed by atoms with Gasteiger partial charge in [0, 0.05) is 0 Å². The van der Waals surface area contributed by atoms with Gasteiger partial charge in [0.05, 0.1) is 0 Å². The van der Waals surface area contributed by atoms with Crippen molar-refractivity contribution < 1.29 is 12.6 Å². The molecule has 4 heteroatoms. The van der Waals surface area contributed by atoms with Crippen LogP contribution in [0.1, 0.15) is 100 Å². The summed E-state index contributed by atoms with van der Waals surface area (Å²) < 4.78 is 29.0. The van der Waals surface area contributed by atoms with E-state index in [2.05, 4.69) is 60.6 Å². The zero-order chi connectivity index (χ0) is 25.6. The summed E-state index contributed by atoms with van der Waals surface area (Å²) in [5.74, 6) is 2.18. The van der Waals surface area contributed by atoms with E-state index < -0.39 is 10.1 Å². The maximum atomic E-state index is 12.0. The average Bonchev–Trinajstić information content (AvgIpc) is 2.75. The smallest absolute Gasteiger partial charge is 0.339 e. The zero-order valence-corrected chi connectivity index (χ0v) is 23.0. The van der Waals surface area contributed by atoms with Gasteiger partial charge in [-0.15, -0.1) is 0 Å². The average molecular weight is 497 g/mol. The van der Waals surface area contributed by atoms with E-state index in [0.717, 1.165) is 11.1 Å². The minimum absolute atomic E-state index is 0. The molecule has 0 fully saturated rings. The Bertz CT molecular complexity index is 1140. The first-order chi connectivity index (χ1) is 15.8. The first-order valence-corrected chi connectivity index (χ1v) is 13.4. The lowest BCUT2D eigenvalue weighted by atomic mass is 9.85. The Morgan fingerprint density at radius 2 is 1.03 bits per heavy atom. The van der Waals surface area contributed by atoms with Crippen LogP contribution < -0.4 is 4.18 Å². The minimum atomic E-state index is -3.74. The molecule has 192 valence electrons. The molecule has 3 aromatic carbocycles. The molecule has 0 saturated heterocycles. The predicted octanol–water partition coefficient (Wildman–Crippen LogP) is 9.07. The van der Waals surface area contributed by atoms with E-state index in [1.165, 1.54) is 22.3 Å². The van der Waals surface area contributed by atoms with E-state index in [-0.39, 0.29) is 12.3 Å². The van der Waals surface area contributed by atoms with Gasteiger partial charge in [-0.25, -0.2) is 0 Å². The summed E-state index contributed by atoms with van der Waals surface area (Å²) >= 11 is 0. The molecule has 35 heavy (non-hydrogen) atoms. The molecule has 0 amide bonds. The van der Waals surface area contributed by atoms with Crippen molar-refractivity contribution in [1.82, 2.24) is 0 Å². The Labute approximate surface area is 214 Å². The van der Waals surface area contributed by atoms with Gasteiger partial charge < -0.3 is 4.18 Å². The second kappa shape index (κ2) is 12.9. The molecule has 0 aliphatic heterocycles. The predicted molar refractivity (Wildman–Crippen MR) is 150 cm³/mol. The van der Waals surface area contributed by atoms with Gasteiger partial charge >= 0.3 is 10.1 Å². The fourth-order valence-corrected chi connectivity index (χ4v) is 4.72. The third-order valence-electron chi connectivity index (χ3n) is 5.96. The van der Waals surface area contributed by atoms with E-state index in [0.29, 0.717) is 23.5 Å². The molecule has 0 aromatic heterocycles. The van der Waals surface area contributed by atoms with Crippen LogP contribution in [0.3, 0.4) is 0 Å². The van der Waals surface area contributed by atoms with Gasteiger partial charge in [0.25, 0.3) is 0 Å². The van der Waals surface area contributed by atoms with Crippen molar-refractivity contribution in [1.29, 1.82) is 0 Å². The first-order valence-electron chi connectivity index (χ1n) is 12.0. The molecule has 3 rings (SSSR count). The number of rotatable bonds is 6. The summed E-state index contributed by atoms with van der Waals surface area (Å²) in [6.07, 6.45) is 0. The standard InChI is InChI=1S/C16H26.C14H14O3S.CH4/c1-10(2)14-8-15(11(3)4)13(7)16(9-14)12(5)6;1-11-3-7-13(8-4-11)17-18(15,16)14-9-5-12(2)6-10-14;/h8-12H,1-7H3;3-10H,1-2H3;1H4. The highest BCUT2D eigenvalue weighted by atomic mass is 32.2. The van der Waals surface area contributed by atoms with Crippen molar-refractivity contribution in [2.75, 3.05) is 0 Å². The molecular weight excluding hydrogens is 452 g/mol. The van der Waals surface area contributed by atoms with Crippen LogP contribution >= 0.6 is 0 Å². The normalized spacial score (nSPS) is 11.2. The first kappa shape index (κ1) is 30.4. The zero-order valence-electron chi connectivity index (χ0n) is 22.1. The minimum Gasteiger partial charge on any atom is -0.379 e. The lowest BCUT2D eigenvalue weighted by Crippen LogP contribution is -2.09. The summed E-state index contributed by atoms with van der Waals surface area (Å²) in [6.45, 7) is 19.8. The van der Waals surface area contributed by atoms with Crippen LogP contribution in [0.4, 0.5) is 0 Å². The SMILES string of the molecule is C.Cc1c(C(C)C)cc(C(C)C)cc1C(C)C.Cc1ccc(OS(=O)(=O)c2ccc(C)cc2)cc1. The quantitative estimate of drug-likeness (QED) is 0.320. The van der Waals surface area contributed by atoms with Crippen LogP contribution in [0.25, 0.3) is 0 Å². The second-order valence-corrected chi connectivity index (χ2v) is 11.5. The molecule has 0 heterocycles. The number of benzene rings is 3. The van der Waals surface area contributed by atoms with Gasteiger partial charge in [0.1, 0.15) is 10.6 Å². The van der Waals surface area contributed by atoms with Crippen molar-refractivity contribution in [2.24, 2.45) is 0 Å². The second-order valence-electron chi connectivity index (χ2n) is 9.95. The van der Waals surface area contributed by atoms with Gasteiger partial charge in [-0.1, -0.05) is 96.5 Å². The Balaban J connectivity index is 0.000000343. The van der Waals surface area contributed by atoms with Crippen LogP contribution in [0, 0.1) is 20.8 Å². The molecule has 0 atom stereocenters. The third kappa shape index (κ3) is 8.54. The van der Waals surface area contributed by atoms with Gasteiger partial charge in [-0.3, -0.25) is 0 Å². The van der Waals surface area contributed by atoms with Crippen molar-refractivity contribution in [3.05, 3.63) is 94.0 Å². The maximum Gasteiger partial charge on any atom is 0.339 e. The van der Waals surface area contributed by atoms with Crippen molar-refractivity contribution in [3.63, 3.8) is 0 Å². The maximum absolute atomic E-state index is 12.0. The molecule has 0 aliphatic rings. The van der Waals surface area contributed by atoms with Gasteiger partial charge in [0.2, 0.25) is 0 Å². The summed E-state index contributed by atoms with van der Waals surface area (Å²) in [6, 6.07) is 18.3. The summed E-state index contributed by atoms with van der Waals surface area (Å²) in [7, 11) is -3.74. The van der Waals surface area contributed by atoms with E-state index in [1.807, 2.05) is 13.8 Å². The Morgan fingerprint density at radius 3 is 1.40 bits per heavy atom. The molecule has 0 aliphatic carbocycles. The molecule has 0 bridgehead atoms. The van der Waals surface area contributed by atoms with Crippen LogP contribution in [-0.2, 0) is 10.1 Å². The van der Waals surface area contributed by atoms with Crippen molar-refractivity contribution in [2.45, 2.75) is 92.4 Å². The van der Waals surface area contributed by atoms with Gasteiger partial charge in [-0.05, 0) is 85.0 Å². The number of aryl methyl sites for hydroxylation is 2. The van der Waals surface area contributed by atoms with E-state index in [9.17, 15) is 8.42 Å². The molecule has 0 radical (unpaired) electrons. The topological polar surface area (TPSA) is 43.4 Å². The van der Waals surface area contributed by atoms with E-state index in [1.54, 1.807) is 48.5 Å². The summed E-state index contributed by atoms with van der Waals surface area (Å²) in [4.78, 5) is 0.161. The Morgan fingerprint density at radius 1 is 0.629 bits per heavy atom. The summed E-state index contributed by atoms with van der Waals surface area (Å²) in [5, 5.41) is 0. The molecule has 0 unspecified atom stereocenters. The number of hydrogen-bond donors (Lipinski definition) is 0. The largest absolute Gasteiger partial charge is 0.379 e. The molecule has 0 saturated carbocycles. The number of hydrogen-bond acceptors (Lipinski definition) is 3. The molecule has 0 spiro atoms.